The molecule has 0 spiro atoms. The molecule has 2 atom stereocenters. The maximum Gasteiger partial charge on any atom is 0.265 e. The molecule has 23 heavy (non-hydrogen) atoms. The average molecular weight is 340 g/mol. The number of para-hydroxylation sites is 1. The first-order chi connectivity index (χ1) is 10.4. The number of hydrogen-bond donors (Lipinski definition) is 2. The Morgan fingerprint density at radius 3 is 2.91 bits per heavy atom. The lowest BCUT2D eigenvalue weighted by Crippen LogP contribution is -2.37. The van der Waals surface area contributed by atoms with E-state index in [0.29, 0.717) is 36.6 Å². The first-order valence-electron chi connectivity index (χ1n) is 7.53. The Morgan fingerprint density at radius 2 is 2.26 bits per heavy atom. The minimum atomic E-state index is -0.602. The quantitative estimate of drug-likeness (QED) is 0.857. The monoisotopic (exact) mass is 339 g/mol. The highest BCUT2D eigenvalue weighted by Crippen LogP contribution is 2.36. The van der Waals surface area contributed by atoms with Gasteiger partial charge in [0.2, 0.25) is 0 Å². The van der Waals surface area contributed by atoms with Gasteiger partial charge in [-0.25, -0.2) is 0 Å². The van der Waals surface area contributed by atoms with Gasteiger partial charge in [-0.2, -0.15) is 0 Å². The number of hydrogen-bond acceptors (Lipinski definition) is 4. The lowest BCUT2D eigenvalue weighted by atomic mass is 9.90. The summed E-state index contributed by atoms with van der Waals surface area (Å²) in [6, 6.07) is 5.23. The summed E-state index contributed by atoms with van der Waals surface area (Å²) in [6.45, 7) is 5.67. The number of likely N-dealkylation sites (tertiary alicyclic amines) is 1. The molecule has 2 aliphatic rings. The van der Waals surface area contributed by atoms with Crippen molar-refractivity contribution in [3.05, 3.63) is 23.8 Å². The molecule has 0 radical (unpaired) electrons. The molecule has 1 aromatic rings. The molecule has 1 saturated heterocycles. The smallest absolute Gasteiger partial charge is 0.265 e. The summed E-state index contributed by atoms with van der Waals surface area (Å²) in [6.07, 6.45) is 0.299. The standard InChI is InChI=1S/C16H21N3O3.ClH/c1-10-14(20)18-12-5-3-4-11(13(12)22-10)15(21)19-7-6-16(2,8-17)9-19;/h3-5,10H,6-9,17H2,1-2H3,(H,18,20);1H. The molecular formula is C16H22ClN3O3. The van der Waals surface area contributed by atoms with Crippen LogP contribution in [0.4, 0.5) is 5.69 Å². The molecule has 7 heteroatoms. The maximum absolute atomic E-state index is 12.8. The van der Waals surface area contributed by atoms with E-state index in [9.17, 15) is 9.59 Å². The van der Waals surface area contributed by atoms with Crippen molar-refractivity contribution in [1.82, 2.24) is 4.90 Å². The molecule has 126 valence electrons. The van der Waals surface area contributed by atoms with Gasteiger partial charge < -0.3 is 20.7 Å². The molecule has 2 unspecified atom stereocenters. The second kappa shape index (κ2) is 6.37. The van der Waals surface area contributed by atoms with Gasteiger partial charge in [-0.05, 0) is 37.4 Å². The van der Waals surface area contributed by atoms with E-state index in [4.69, 9.17) is 10.5 Å². The zero-order valence-electron chi connectivity index (χ0n) is 13.3. The van der Waals surface area contributed by atoms with Gasteiger partial charge in [0.05, 0.1) is 11.3 Å². The van der Waals surface area contributed by atoms with Gasteiger partial charge in [0.1, 0.15) is 0 Å². The molecule has 3 rings (SSSR count). The zero-order chi connectivity index (χ0) is 15.9. The van der Waals surface area contributed by atoms with Crippen molar-refractivity contribution >= 4 is 29.9 Å². The summed E-state index contributed by atoms with van der Waals surface area (Å²) in [4.78, 5) is 26.3. The molecular weight excluding hydrogens is 318 g/mol. The normalized spacial score (nSPS) is 26.0. The number of carbonyl (C=O) groups is 2. The van der Waals surface area contributed by atoms with Crippen molar-refractivity contribution in [2.45, 2.75) is 26.4 Å². The number of fused-ring (bicyclic) bond motifs is 1. The van der Waals surface area contributed by atoms with E-state index >= 15 is 0 Å². The third-order valence-electron chi connectivity index (χ3n) is 4.51. The van der Waals surface area contributed by atoms with Crippen molar-refractivity contribution < 1.29 is 14.3 Å². The zero-order valence-corrected chi connectivity index (χ0v) is 14.1. The van der Waals surface area contributed by atoms with Crippen LogP contribution in [0.3, 0.4) is 0 Å². The number of ether oxygens (including phenoxy) is 1. The largest absolute Gasteiger partial charge is 0.478 e. The number of benzene rings is 1. The van der Waals surface area contributed by atoms with Gasteiger partial charge in [-0.1, -0.05) is 13.0 Å². The van der Waals surface area contributed by atoms with E-state index in [0.717, 1.165) is 6.42 Å². The van der Waals surface area contributed by atoms with Crippen LogP contribution in [-0.4, -0.2) is 42.5 Å². The van der Waals surface area contributed by atoms with Gasteiger partial charge in [0.25, 0.3) is 11.8 Å². The second-order valence-electron chi connectivity index (χ2n) is 6.42. The van der Waals surface area contributed by atoms with E-state index in [2.05, 4.69) is 12.2 Å². The van der Waals surface area contributed by atoms with Crippen molar-refractivity contribution in [2.24, 2.45) is 11.1 Å². The fourth-order valence-electron chi connectivity index (χ4n) is 2.93. The van der Waals surface area contributed by atoms with Crippen molar-refractivity contribution in [3.8, 4) is 5.75 Å². The van der Waals surface area contributed by atoms with Gasteiger partial charge in [-0.3, -0.25) is 9.59 Å². The first-order valence-corrected chi connectivity index (χ1v) is 7.53. The molecule has 1 aromatic carbocycles. The fraction of sp³-hybridized carbons (Fsp3) is 0.500. The number of nitrogens with one attached hydrogen (secondary N) is 1. The highest BCUT2D eigenvalue weighted by Gasteiger charge is 2.37. The summed E-state index contributed by atoms with van der Waals surface area (Å²) in [7, 11) is 0. The Bertz CT molecular complexity index is 637. The highest BCUT2D eigenvalue weighted by molar-refractivity contribution is 6.04. The van der Waals surface area contributed by atoms with Crippen LogP contribution in [0, 0.1) is 5.41 Å². The van der Waals surface area contributed by atoms with Crippen LogP contribution in [-0.2, 0) is 4.79 Å². The molecule has 2 heterocycles. The van der Waals surface area contributed by atoms with Crippen molar-refractivity contribution in [3.63, 3.8) is 0 Å². The molecule has 2 aliphatic heterocycles. The molecule has 1 fully saturated rings. The third kappa shape index (κ3) is 3.14. The Hall–Kier alpha value is -1.79. The van der Waals surface area contributed by atoms with E-state index < -0.39 is 6.10 Å². The molecule has 0 aromatic heterocycles. The minimum Gasteiger partial charge on any atom is -0.478 e. The molecule has 0 bridgehead atoms. The molecule has 0 aliphatic carbocycles. The predicted molar refractivity (Wildman–Crippen MR) is 90.1 cm³/mol. The lowest BCUT2D eigenvalue weighted by molar-refractivity contribution is -0.122. The van der Waals surface area contributed by atoms with E-state index in [1.165, 1.54) is 0 Å². The van der Waals surface area contributed by atoms with Crippen LogP contribution in [0.2, 0.25) is 0 Å². The number of halogens is 1. The first kappa shape index (κ1) is 17.6. The number of amides is 2. The van der Waals surface area contributed by atoms with Crippen LogP contribution in [0.1, 0.15) is 30.6 Å². The van der Waals surface area contributed by atoms with Crippen molar-refractivity contribution in [1.29, 1.82) is 0 Å². The molecule has 2 amide bonds. The van der Waals surface area contributed by atoms with E-state index in [1.807, 2.05) is 4.90 Å². The Kier molecular flexibility index (Phi) is 4.87. The van der Waals surface area contributed by atoms with Crippen LogP contribution in [0.15, 0.2) is 18.2 Å². The van der Waals surface area contributed by atoms with Crippen LogP contribution in [0.25, 0.3) is 0 Å². The second-order valence-corrected chi connectivity index (χ2v) is 6.42. The van der Waals surface area contributed by atoms with Crippen LogP contribution >= 0.6 is 12.4 Å². The Balaban J connectivity index is 0.00000192. The highest BCUT2D eigenvalue weighted by atomic mass is 35.5. The summed E-state index contributed by atoms with van der Waals surface area (Å²) >= 11 is 0. The van der Waals surface area contributed by atoms with Gasteiger partial charge in [-0.15, -0.1) is 12.4 Å². The summed E-state index contributed by atoms with van der Waals surface area (Å²) in [5.74, 6) is 0.187. The molecule has 3 N–H and O–H groups in total. The molecule has 0 saturated carbocycles. The molecule has 6 nitrogen and oxygen atoms in total. The average Bonchev–Trinajstić information content (AvgIpc) is 2.90. The van der Waals surface area contributed by atoms with E-state index in [1.54, 1.807) is 25.1 Å². The fourth-order valence-corrected chi connectivity index (χ4v) is 2.93. The van der Waals surface area contributed by atoms with Gasteiger partial charge in [0.15, 0.2) is 11.9 Å². The topological polar surface area (TPSA) is 84.7 Å². The minimum absolute atomic E-state index is 0. The number of nitrogens with zero attached hydrogens (tertiary/aromatic N) is 1. The van der Waals surface area contributed by atoms with Gasteiger partial charge in [0, 0.05) is 13.1 Å². The maximum atomic E-state index is 12.8. The van der Waals surface area contributed by atoms with E-state index in [-0.39, 0.29) is 29.6 Å². The third-order valence-corrected chi connectivity index (χ3v) is 4.51. The van der Waals surface area contributed by atoms with Gasteiger partial charge >= 0.3 is 0 Å². The lowest BCUT2D eigenvalue weighted by Gasteiger charge is -2.27. The Labute approximate surface area is 141 Å². The summed E-state index contributed by atoms with van der Waals surface area (Å²) < 4.78 is 5.65. The number of nitrogens with two attached hydrogens (primary N) is 1. The van der Waals surface area contributed by atoms with Crippen LogP contribution < -0.4 is 15.8 Å². The number of carbonyl (C=O) groups excluding carboxylic acids is 2. The number of rotatable bonds is 2. The predicted octanol–water partition coefficient (Wildman–Crippen LogP) is 1.64. The van der Waals surface area contributed by atoms with Crippen molar-refractivity contribution in [2.75, 3.05) is 25.0 Å². The summed E-state index contributed by atoms with van der Waals surface area (Å²) in [5.41, 5.74) is 6.82. The number of anilines is 1. The Morgan fingerprint density at radius 1 is 1.52 bits per heavy atom. The van der Waals surface area contributed by atoms with Crippen LogP contribution in [0.5, 0.6) is 5.75 Å². The summed E-state index contributed by atoms with van der Waals surface area (Å²) in [5, 5.41) is 2.77. The SMILES string of the molecule is CC1Oc2c(cccc2C(=O)N2CCC(C)(CN)C2)NC1=O.Cl.